The van der Waals surface area contributed by atoms with E-state index in [4.69, 9.17) is 0 Å². The van der Waals surface area contributed by atoms with Crippen molar-refractivity contribution in [2.45, 2.75) is 19.9 Å². The Morgan fingerprint density at radius 2 is 1.46 bits per heavy atom. The number of anilines is 1. The van der Waals surface area contributed by atoms with E-state index >= 15 is 0 Å². The molecule has 2 N–H and O–H groups in total. The van der Waals surface area contributed by atoms with Crippen molar-refractivity contribution < 1.29 is 9.59 Å². The van der Waals surface area contributed by atoms with Gasteiger partial charge in [0, 0.05) is 11.3 Å². The molecule has 0 saturated carbocycles. The summed E-state index contributed by atoms with van der Waals surface area (Å²) < 4.78 is 0. The molecule has 3 aromatic carbocycles. The number of amides is 2. The first-order valence-electron chi connectivity index (χ1n) is 8.70. The molecule has 0 bridgehead atoms. The molecule has 1 unspecified atom stereocenters. The summed E-state index contributed by atoms with van der Waals surface area (Å²) in [5, 5.41) is 7.93. The van der Waals surface area contributed by atoms with Gasteiger partial charge in [0.05, 0.1) is 0 Å². The van der Waals surface area contributed by atoms with Crippen LogP contribution in [0.4, 0.5) is 5.69 Å². The van der Waals surface area contributed by atoms with Crippen LogP contribution >= 0.6 is 0 Å². The van der Waals surface area contributed by atoms with E-state index < -0.39 is 6.04 Å². The summed E-state index contributed by atoms with van der Waals surface area (Å²) in [5.41, 5.74) is 1.25. The second-order valence-electron chi connectivity index (χ2n) is 6.61. The highest BCUT2D eigenvalue weighted by Gasteiger charge is 2.24. The highest BCUT2D eigenvalue weighted by molar-refractivity contribution is 6.02. The zero-order valence-electron chi connectivity index (χ0n) is 14.9. The third-order valence-electron chi connectivity index (χ3n) is 4.29. The molecule has 0 saturated heterocycles. The lowest BCUT2D eigenvalue weighted by Crippen LogP contribution is -2.47. The normalized spacial score (nSPS) is 12.0. The van der Waals surface area contributed by atoms with Gasteiger partial charge in [-0.05, 0) is 41.0 Å². The molecule has 3 rings (SSSR count). The Kier molecular flexibility index (Phi) is 5.32. The third kappa shape index (κ3) is 4.09. The summed E-state index contributed by atoms with van der Waals surface area (Å²) in [6.45, 7) is 3.83. The van der Waals surface area contributed by atoms with E-state index in [1.165, 1.54) is 0 Å². The van der Waals surface area contributed by atoms with E-state index in [0.29, 0.717) is 11.3 Å². The van der Waals surface area contributed by atoms with Gasteiger partial charge in [-0.3, -0.25) is 9.59 Å². The van der Waals surface area contributed by atoms with Crippen molar-refractivity contribution in [3.63, 3.8) is 0 Å². The van der Waals surface area contributed by atoms with Crippen molar-refractivity contribution in [1.82, 2.24) is 5.32 Å². The average Bonchev–Trinajstić information content (AvgIpc) is 2.66. The smallest absolute Gasteiger partial charge is 0.251 e. The van der Waals surface area contributed by atoms with E-state index in [1.807, 2.05) is 62.4 Å². The zero-order chi connectivity index (χ0) is 18.5. The SMILES string of the molecule is CC(C)C(NC(=O)c1ccccc1)C(=O)Nc1ccc2ccccc2c1. The first kappa shape index (κ1) is 17.7. The van der Waals surface area contributed by atoms with E-state index in [0.717, 1.165) is 10.8 Å². The largest absolute Gasteiger partial charge is 0.340 e. The van der Waals surface area contributed by atoms with Gasteiger partial charge in [-0.25, -0.2) is 0 Å². The molecule has 3 aromatic rings. The van der Waals surface area contributed by atoms with Gasteiger partial charge in [-0.1, -0.05) is 62.4 Å². The fraction of sp³-hybridized carbons (Fsp3) is 0.182. The summed E-state index contributed by atoms with van der Waals surface area (Å²) in [6, 6.07) is 22.0. The standard InChI is InChI=1S/C22H22N2O2/c1-15(2)20(24-21(25)17-9-4-3-5-10-17)22(26)23-19-13-12-16-8-6-7-11-18(16)14-19/h3-15,20H,1-2H3,(H,23,26)(H,24,25). The lowest BCUT2D eigenvalue weighted by molar-refractivity contribution is -0.118. The van der Waals surface area contributed by atoms with Gasteiger partial charge in [0.25, 0.3) is 5.91 Å². The summed E-state index contributed by atoms with van der Waals surface area (Å²) >= 11 is 0. The molecule has 26 heavy (non-hydrogen) atoms. The fourth-order valence-corrected chi connectivity index (χ4v) is 2.84. The number of hydrogen-bond donors (Lipinski definition) is 2. The summed E-state index contributed by atoms with van der Waals surface area (Å²) in [7, 11) is 0. The zero-order valence-corrected chi connectivity index (χ0v) is 14.9. The van der Waals surface area contributed by atoms with Gasteiger partial charge >= 0.3 is 0 Å². The quantitative estimate of drug-likeness (QED) is 0.726. The number of benzene rings is 3. The summed E-state index contributed by atoms with van der Waals surface area (Å²) in [6.07, 6.45) is 0. The lowest BCUT2D eigenvalue weighted by atomic mass is 10.0. The number of carbonyl (C=O) groups is 2. The van der Waals surface area contributed by atoms with Crippen LogP contribution in [0.25, 0.3) is 10.8 Å². The highest BCUT2D eigenvalue weighted by atomic mass is 16.2. The number of fused-ring (bicyclic) bond motifs is 1. The van der Waals surface area contributed by atoms with Crippen LogP contribution in [-0.2, 0) is 4.79 Å². The second kappa shape index (κ2) is 7.83. The second-order valence-corrected chi connectivity index (χ2v) is 6.61. The van der Waals surface area contributed by atoms with E-state index in [9.17, 15) is 9.59 Å². The molecular weight excluding hydrogens is 324 g/mol. The average molecular weight is 346 g/mol. The molecule has 2 amide bonds. The summed E-state index contributed by atoms with van der Waals surface area (Å²) in [4.78, 5) is 25.1. The molecule has 0 aliphatic heterocycles. The first-order valence-corrected chi connectivity index (χ1v) is 8.70. The van der Waals surface area contributed by atoms with E-state index in [-0.39, 0.29) is 17.7 Å². The number of rotatable bonds is 5. The van der Waals surface area contributed by atoms with Crippen LogP contribution in [0, 0.1) is 5.92 Å². The maximum Gasteiger partial charge on any atom is 0.251 e. The van der Waals surface area contributed by atoms with Crippen molar-refractivity contribution in [1.29, 1.82) is 0 Å². The minimum atomic E-state index is -0.617. The van der Waals surface area contributed by atoms with Crippen LogP contribution in [0.5, 0.6) is 0 Å². The fourth-order valence-electron chi connectivity index (χ4n) is 2.84. The Balaban J connectivity index is 1.74. The lowest BCUT2D eigenvalue weighted by Gasteiger charge is -2.22. The third-order valence-corrected chi connectivity index (χ3v) is 4.29. The van der Waals surface area contributed by atoms with Crippen LogP contribution < -0.4 is 10.6 Å². The molecule has 0 fully saturated rings. The Morgan fingerprint density at radius 1 is 0.808 bits per heavy atom. The molecule has 4 nitrogen and oxygen atoms in total. The Labute approximate surface area is 153 Å². The molecule has 0 heterocycles. The van der Waals surface area contributed by atoms with E-state index in [2.05, 4.69) is 10.6 Å². The Hall–Kier alpha value is -3.14. The van der Waals surface area contributed by atoms with E-state index in [1.54, 1.807) is 24.3 Å². The maximum absolute atomic E-state index is 12.7. The molecule has 0 aliphatic rings. The minimum absolute atomic E-state index is 0.0388. The van der Waals surface area contributed by atoms with Gasteiger partial charge in [0.2, 0.25) is 5.91 Å². The molecule has 0 radical (unpaired) electrons. The van der Waals surface area contributed by atoms with Gasteiger partial charge in [0.15, 0.2) is 0 Å². The predicted octanol–water partition coefficient (Wildman–Crippen LogP) is 4.23. The van der Waals surface area contributed by atoms with Crippen LogP contribution in [0.15, 0.2) is 72.8 Å². The van der Waals surface area contributed by atoms with Crippen molar-refractivity contribution in [2.75, 3.05) is 5.32 Å². The molecule has 4 heteroatoms. The first-order chi connectivity index (χ1) is 12.5. The maximum atomic E-state index is 12.7. The number of hydrogen-bond acceptors (Lipinski definition) is 2. The number of nitrogens with one attached hydrogen (secondary N) is 2. The van der Waals surface area contributed by atoms with Crippen molar-refractivity contribution in [3.8, 4) is 0 Å². The van der Waals surface area contributed by atoms with Crippen LogP contribution in [-0.4, -0.2) is 17.9 Å². The van der Waals surface area contributed by atoms with Gasteiger partial charge in [-0.2, -0.15) is 0 Å². The molecular formula is C22H22N2O2. The van der Waals surface area contributed by atoms with Crippen molar-refractivity contribution in [3.05, 3.63) is 78.4 Å². The topological polar surface area (TPSA) is 58.2 Å². The Bertz CT molecular complexity index is 920. The Morgan fingerprint density at radius 3 is 2.15 bits per heavy atom. The van der Waals surface area contributed by atoms with Crippen molar-refractivity contribution >= 4 is 28.3 Å². The minimum Gasteiger partial charge on any atom is -0.340 e. The monoisotopic (exact) mass is 346 g/mol. The molecule has 0 aromatic heterocycles. The number of carbonyl (C=O) groups excluding carboxylic acids is 2. The predicted molar refractivity (Wildman–Crippen MR) is 105 cm³/mol. The van der Waals surface area contributed by atoms with Crippen LogP contribution in [0.1, 0.15) is 24.2 Å². The van der Waals surface area contributed by atoms with Gasteiger partial charge < -0.3 is 10.6 Å². The van der Waals surface area contributed by atoms with Crippen molar-refractivity contribution in [2.24, 2.45) is 5.92 Å². The molecule has 0 aliphatic carbocycles. The molecule has 1 atom stereocenters. The van der Waals surface area contributed by atoms with Gasteiger partial charge in [-0.15, -0.1) is 0 Å². The van der Waals surface area contributed by atoms with Crippen LogP contribution in [0.2, 0.25) is 0 Å². The molecule has 0 spiro atoms. The molecule has 132 valence electrons. The highest BCUT2D eigenvalue weighted by Crippen LogP contribution is 2.19. The van der Waals surface area contributed by atoms with Crippen LogP contribution in [0.3, 0.4) is 0 Å². The van der Waals surface area contributed by atoms with Gasteiger partial charge in [0.1, 0.15) is 6.04 Å². The summed E-state index contributed by atoms with van der Waals surface area (Å²) in [5.74, 6) is -0.513.